The average molecular weight is 209 g/mol. The molecule has 0 heterocycles. The van der Waals surface area contributed by atoms with Crippen molar-refractivity contribution in [2.45, 2.75) is 6.54 Å². The van der Waals surface area contributed by atoms with Gasteiger partial charge in [0, 0.05) is 12.2 Å². The average Bonchev–Trinajstić information content (AvgIpc) is 2.38. The Labute approximate surface area is 96.4 Å². The number of nitrogens with one attached hydrogen (secondary N) is 1. The van der Waals surface area contributed by atoms with Crippen LogP contribution in [0.25, 0.3) is 6.08 Å². The zero-order valence-corrected chi connectivity index (χ0v) is 9.19. The third-order valence-corrected chi connectivity index (χ3v) is 2.49. The van der Waals surface area contributed by atoms with Gasteiger partial charge in [-0.3, -0.25) is 0 Å². The van der Waals surface area contributed by atoms with E-state index in [0.29, 0.717) is 0 Å². The maximum atomic E-state index is 3.74. The van der Waals surface area contributed by atoms with Crippen LogP contribution in [0.1, 0.15) is 11.1 Å². The molecule has 0 radical (unpaired) electrons. The summed E-state index contributed by atoms with van der Waals surface area (Å²) in [6.07, 6.45) is 1.86. The molecule has 0 aromatic heterocycles. The molecular weight excluding hydrogens is 194 g/mol. The van der Waals surface area contributed by atoms with E-state index in [9.17, 15) is 0 Å². The van der Waals surface area contributed by atoms with Gasteiger partial charge < -0.3 is 5.32 Å². The van der Waals surface area contributed by atoms with Crippen LogP contribution in [-0.4, -0.2) is 0 Å². The third-order valence-electron chi connectivity index (χ3n) is 2.49. The highest BCUT2D eigenvalue weighted by Gasteiger charge is 1.93. The van der Waals surface area contributed by atoms with Crippen molar-refractivity contribution in [3.8, 4) is 0 Å². The van der Waals surface area contributed by atoms with Gasteiger partial charge in [-0.1, -0.05) is 55.1 Å². The van der Waals surface area contributed by atoms with Gasteiger partial charge in [0.1, 0.15) is 0 Å². The number of hydrogen-bond donors (Lipinski definition) is 1. The highest BCUT2D eigenvalue weighted by molar-refractivity contribution is 5.48. The first kappa shape index (κ1) is 10.5. The van der Waals surface area contributed by atoms with Gasteiger partial charge in [0.05, 0.1) is 0 Å². The van der Waals surface area contributed by atoms with Crippen LogP contribution in [0.4, 0.5) is 5.69 Å². The molecule has 0 aliphatic heterocycles. The van der Waals surface area contributed by atoms with Gasteiger partial charge in [0.15, 0.2) is 0 Å². The molecule has 2 rings (SSSR count). The van der Waals surface area contributed by atoms with Crippen molar-refractivity contribution < 1.29 is 0 Å². The molecule has 0 fully saturated rings. The Bertz CT molecular complexity index is 443. The molecule has 1 nitrogen and oxygen atoms in total. The maximum absolute atomic E-state index is 3.74. The predicted molar refractivity (Wildman–Crippen MR) is 70.3 cm³/mol. The number of rotatable bonds is 4. The molecule has 0 aliphatic carbocycles. The van der Waals surface area contributed by atoms with Crippen LogP contribution >= 0.6 is 0 Å². The van der Waals surface area contributed by atoms with Crippen LogP contribution in [0.15, 0.2) is 61.2 Å². The van der Waals surface area contributed by atoms with E-state index in [-0.39, 0.29) is 0 Å². The number of anilines is 1. The summed E-state index contributed by atoms with van der Waals surface area (Å²) < 4.78 is 0. The lowest BCUT2D eigenvalue weighted by Gasteiger charge is -2.06. The second-order valence-corrected chi connectivity index (χ2v) is 3.67. The molecule has 80 valence electrons. The van der Waals surface area contributed by atoms with E-state index >= 15 is 0 Å². The number of hydrogen-bond acceptors (Lipinski definition) is 1. The number of benzene rings is 2. The monoisotopic (exact) mass is 209 g/mol. The Kier molecular flexibility index (Phi) is 3.39. The highest BCUT2D eigenvalue weighted by atomic mass is 14.9. The summed E-state index contributed by atoms with van der Waals surface area (Å²) in [4.78, 5) is 0. The lowest BCUT2D eigenvalue weighted by atomic mass is 10.1. The van der Waals surface area contributed by atoms with Gasteiger partial charge in [-0.05, 0) is 23.3 Å². The molecule has 2 aromatic carbocycles. The smallest absolute Gasteiger partial charge is 0.0400 e. The van der Waals surface area contributed by atoms with Crippen LogP contribution in [0.3, 0.4) is 0 Å². The Hall–Kier alpha value is -2.02. The second-order valence-electron chi connectivity index (χ2n) is 3.67. The van der Waals surface area contributed by atoms with Crippen molar-refractivity contribution in [2.24, 2.45) is 0 Å². The van der Waals surface area contributed by atoms with Crippen molar-refractivity contribution in [1.29, 1.82) is 0 Å². The fourth-order valence-electron chi connectivity index (χ4n) is 1.53. The van der Waals surface area contributed by atoms with Crippen LogP contribution in [0.2, 0.25) is 0 Å². The lowest BCUT2D eigenvalue weighted by molar-refractivity contribution is 1.15. The number of para-hydroxylation sites is 1. The first-order valence-corrected chi connectivity index (χ1v) is 5.39. The minimum Gasteiger partial charge on any atom is -0.381 e. The minimum atomic E-state index is 0.849. The highest BCUT2D eigenvalue weighted by Crippen LogP contribution is 2.09. The van der Waals surface area contributed by atoms with Crippen LogP contribution < -0.4 is 5.32 Å². The van der Waals surface area contributed by atoms with Gasteiger partial charge in [0.25, 0.3) is 0 Å². The maximum Gasteiger partial charge on any atom is 0.0400 e. The fourth-order valence-corrected chi connectivity index (χ4v) is 1.53. The van der Waals surface area contributed by atoms with E-state index in [0.717, 1.165) is 17.8 Å². The van der Waals surface area contributed by atoms with E-state index in [1.807, 2.05) is 24.3 Å². The van der Waals surface area contributed by atoms with E-state index in [4.69, 9.17) is 0 Å². The molecule has 0 atom stereocenters. The summed E-state index contributed by atoms with van der Waals surface area (Å²) >= 11 is 0. The van der Waals surface area contributed by atoms with Crippen molar-refractivity contribution in [1.82, 2.24) is 0 Å². The summed E-state index contributed by atoms with van der Waals surface area (Å²) in [5, 5.41) is 3.37. The molecule has 1 heteroatoms. The molecule has 0 bridgehead atoms. The third kappa shape index (κ3) is 2.74. The fraction of sp³-hybridized carbons (Fsp3) is 0.0667. The Morgan fingerprint density at radius 3 is 2.25 bits per heavy atom. The van der Waals surface area contributed by atoms with Crippen molar-refractivity contribution in [3.63, 3.8) is 0 Å². The standard InChI is InChI=1S/C15H15N/c1-2-13-8-10-14(11-9-13)12-16-15-6-4-3-5-7-15/h2-11,16H,1,12H2. The normalized spacial score (nSPS) is 9.75. The van der Waals surface area contributed by atoms with E-state index in [1.165, 1.54) is 5.56 Å². The van der Waals surface area contributed by atoms with Gasteiger partial charge in [-0.2, -0.15) is 0 Å². The summed E-state index contributed by atoms with van der Waals surface area (Å²) in [5.74, 6) is 0. The van der Waals surface area contributed by atoms with E-state index in [1.54, 1.807) is 0 Å². The molecule has 0 saturated heterocycles. The van der Waals surface area contributed by atoms with Crippen molar-refractivity contribution in [3.05, 3.63) is 72.3 Å². The van der Waals surface area contributed by atoms with Gasteiger partial charge in [-0.25, -0.2) is 0 Å². The van der Waals surface area contributed by atoms with Gasteiger partial charge in [-0.15, -0.1) is 0 Å². The van der Waals surface area contributed by atoms with Crippen molar-refractivity contribution >= 4 is 11.8 Å². The summed E-state index contributed by atoms with van der Waals surface area (Å²) in [5.41, 5.74) is 3.58. The molecule has 0 spiro atoms. The van der Waals surface area contributed by atoms with Crippen LogP contribution in [0, 0.1) is 0 Å². The zero-order chi connectivity index (χ0) is 11.2. The quantitative estimate of drug-likeness (QED) is 0.804. The lowest BCUT2D eigenvalue weighted by Crippen LogP contribution is -1.98. The minimum absolute atomic E-state index is 0.849. The molecule has 2 aromatic rings. The SMILES string of the molecule is C=Cc1ccc(CNc2ccccc2)cc1. The van der Waals surface area contributed by atoms with Crippen molar-refractivity contribution in [2.75, 3.05) is 5.32 Å². The van der Waals surface area contributed by atoms with Gasteiger partial charge >= 0.3 is 0 Å². The first-order valence-electron chi connectivity index (χ1n) is 5.39. The Balaban J connectivity index is 1.97. The molecule has 0 saturated carbocycles. The van der Waals surface area contributed by atoms with Crippen LogP contribution in [0.5, 0.6) is 0 Å². The first-order chi connectivity index (χ1) is 7.88. The molecule has 0 aliphatic rings. The Morgan fingerprint density at radius 1 is 0.938 bits per heavy atom. The van der Waals surface area contributed by atoms with E-state index in [2.05, 4.69) is 48.3 Å². The zero-order valence-electron chi connectivity index (χ0n) is 9.19. The molecular formula is C15H15N. The summed E-state index contributed by atoms with van der Waals surface area (Å²) in [7, 11) is 0. The molecule has 0 unspecified atom stereocenters. The Morgan fingerprint density at radius 2 is 1.62 bits per heavy atom. The molecule has 1 N–H and O–H groups in total. The summed E-state index contributed by atoms with van der Waals surface area (Å²) in [6, 6.07) is 18.6. The predicted octanol–water partition coefficient (Wildman–Crippen LogP) is 3.94. The van der Waals surface area contributed by atoms with Gasteiger partial charge in [0.2, 0.25) is 0 Å². The second kappa shape index (κ2) is 5.17. The van der Waals surface area contributed by atoms with Crippen LogP contribution in [-0.2, 0) is 6.54 Å². The summed E-state index contributed by atoms with van der Waals surface area (Å²) in [6.45, 7) is 4.59. The largest absolute Gasteiger partial charge is 0.381 e. The topological polar surface area (TPSA) is 12.0 Å². The van der Waals surface area contributed by atoms with E-state index < -0.39 is 0 Å². The molecule has 0 amide bonds. The molecule has 16 heavy (non-hydrogen) atoms.